The van der Waals surface area contributed by atoms with Crippen molar-refractivity contribution in [2.24, 2.45) is 0 Å². The molecule has 1 amide bonds. The van der Waals surface area contributed by atoms with Gasteiger partial charge in [-0.3, -0.25) is 9.69 Å². The lowest BCUT2D eigenvalue weighted by Crippen LogP contribution is -2.56. The van der Waals surface area contributed by atoms with E-state index >= 15 is 0 Å². The van der Waals surface area contributed by atoms with Gasteiger partial charge in [0.1, 0.15) is 5.75 Å². The predicted molar refractivity (Wildman–Crippen MR) is 106 cm³/mol. The van der Waals surface area contributed by atoms with Crippen molar-refractivity contribution in [1.29, 1.82) is 0 Å². The smallest absolute Gasteiger partial charge is 0.239 e. The van der Waals surface area contributed by atoms with Crippen molar-refractivity contribution < 1.29 is 18.3 Å². The molecule has 2 atom stereocenters. The summed E-state index contributed by atoms with van der Waals surface area (Å²) < 4.78 is 23.6. The normalized spacial score (nSPS) is 23.9. The van der Waals surface area contributed by atoms with Crippen LogP contribution in [0.15, 0.2) is 24.3 Å². The molecule has 2 aliphatic rings. The number of piperazine rings is 1. The van der Waals surface area contributed by atoms with Gasteiger partial charge in [0.2, 0.25) is 5.91 Å². The zero-order chi connectivity index (χ0) is 19.6. The van der Waals surface area contributed by atoms with Crippen molar-refractivity contribution in [2.75, 3.05) is 49.1 Å². The van der Waals surface area contributed by atoms with Gasteiger partial charge in [0.15, 0.2) is 9.84 Å². The Bertz CT molecular complexity index is 758. The van der Waals surface area contributed by atoms with Gasteiger partial charge in [-0.25, -0.2) is 8.42 Å². The summed E-state index contributed by atoms with van der Waals surface area (Å²) in [5, 5.41) is 9.42. The topological polar surface area (TPSA) is 81.2 Å². The molecule has 27 heavy (non-hydrogen) atoms. The summed E-state index contributed by atoms with van der Waals surface area (Å²) in [6.45, 7) is 7.54. The summed E-state index contributed by atoms with van der Waals surface area (Å²) in [6, 6.07) is 6.73. The van der Waals surface area contributed by atoms with Crippen LogP contribution in [0.5, 0.6) is 5.75 Å². The Labute approximate surface area is 161 Å². The highest BCUT2D eigenvalue weighted by Crippen LogP contribution is 2.22. The molecule has 7 nitrogen and oxygen atoms in total. The van der Waals surface area contributed by atoms with Crippen LogP contribution < -0.4 is 4.90 Å². The lowest BCUT2D eigenvalue weighted by molar-refractivity contribution is -0.138. The van der Waals surface area contributed by atoms with Crippen LogP contribution in [-0.2, 0) is 14.6 Å². The van der Waals surface area contributed by atoms with E-state index in [1.54, 1.807) is 17.0 Å². The van der Waals surface area contributed by atoms with Crippen LogP contribution in [0.4, 0.5) is 5.69 Å². The number of anilines is 1. The molecule has 0 saturated carbocycles. The Balaban J connectivity index is 1.58. The van der Waals surface area contributed by atoms with Crippen LogP contribution in [-0.4, -0.2) is 85.5 Å². The number of sulfone groups is 1. The summed E-state index contributed by atoms with van der Waals surface area (Å²) in [6.07, 6.45) is 0.545. The molecule has 1 N–H and O–H groups in total. The van der Waals surface area contributed by atoms with Gasteiger partial charge >= 0.3 is 0 Å². The van der Waals surface area contributed by atoms with Crippen molar-refractivity contribution >= 4 is 21.4 Å². The summed E-state index contributed by atoms with van der Waals surface area (Å²) >= 11 is 0. The number of rotatable bonds is 5. The number of hydrogen-bond donors (Lipinski definition) is 1. The van der Waals surface area contributed by atoms with Crippen molar-refractivity contribution in [2.45, 2.75) is 32.4 Å². The van der Waals surface area contributed by atoms with Gasteiger partial charge in [-0.05, 0) is 44.5 Å². The first-order valence-corrected chi connectivity index (χ1v) is 11.4. The molecular weight excluding hydrogens is 366 g/mol. The fourth-order valence-corrected chi connectivity index (χ4v) is 5.77. The summed E-state index contributed by atoms with van der Waals surface area (Å²) in [7, 11) is -3.01. The largest absolute Gasteiger partial charge is 0.508 e. The van der Waals surface area contributed by atoms with Crippen molar-refractivity contribution in [1.82, 2.24) is 9.80 Å². The molecule has 0 aliphatic carbocycles. The minimum absolute atomic E-state index is 0.0256. The van der Waals surface area contributed by atoms with Gasteiger partial charge < -0.3 is 14.9 Å². The Hall–Kier alpha value is -1.80. The lowest BCUT2D eigenvalue weighted by atomic mass is 10.1. The van der Waals surface area contributed by atoms with Gasteiger partial charge in [-0.15, -0.1) is 0 Å². The van der Waals surface area contributed by atoms with Gasteiger partial charge in [0.25, 0.3) is 0 Å². The summed E-state index contributed by atoms with van der Waals surface area (Å²) in [4.78, 5) is 19.2. The molecule has 8 heteroatoms. The number of phenols is 1. The standard InChI is InChI=1S/C19H29N3O4S/c1-3-22(17-8-13-27(25,26)14-17)19(24)15(2)20-9-11-21(12-10-20)16-4-6-18(23)7-5-16/h4-7,15,17,23H,3,8-14H2,1-2H3/t15-,17+/m1/s1. The monoisotopic (exact) mass is 395 g/mol. The zero-order valence-electron chi connectivity index (χ0n) is 16.0. The average molecular weight is 396 g/mol. The highest BCUT2D eigenvalue weighted by Gasteiger charge is 2.37. The van der Waals surface area contributed by atoms with Crippen LogP contribution in [0, 0.1) is 0 Å². The Morgan fingerprint density at radius 1 is 1.22 bits per heavy atom. The number of hydrogen-bond acceptors (Lipinski definition) is 6. The fourth-order valence-electron chi connectivity index (χ4n) is 4.04. The van der Waals surface area contributed by atoms with E-state index in [1.165, 1.54) is 0 Å². The van der Waals surface area contributed by atoms with E-state index in [1.807, 2.05) is 26.0 Å². The highest BCUT2D eigenvalue weighted by molar-refractivity contribution is 7.91. The molecule has 1 aromatic rings. The molecule has 1 aromatic carbocycles. The zero-order valence-corrected chi connectivity index (χ0v) is 16.9. The predicted octanol–water partition coefficient (Wildman–Crippen LogP) is 0.938. The molecule has 3 rings (SSSR count). The molecule has 150 valence electrons. The maximum atomic E-state index is 13.0. The van der Waals surface area contributed by atoms with E-state index in [0.29, 0.717) is 13.0 Å². The van der Waals surface area contributed by atoms with Crippen LogP contribution in [0.3, 0.4) is 0 Å². The van der Waals surface area contributed by atoms with Gasteiger partial charge in [0, 0.05) is 44.5 Å². The second-order valence-electron chi connectivity index (χ2n) is 7.40. The van der Waals surface area contributed by atoms with E-state index in [2.05, 4.69) is 9.80 Å². The summed E-state index contributed by atoms with van der Waals surface area (Å²) in [5.41, 5.74) is 1.07. The molecule has 2 aliphatic heterocycles. The molecular formula is C19H29N3O4S. The second kappa shape index (κ2) is 8.06. The van der Waals surface area contributed by atoms with Crippen molar-refractivity contribution in [3.8, 4) is 5.75 Å². The maximum Gasteiger partial charge on any atom is 0.239 e. The molecule has 2 saturated heterocycles. The molecule has 0 unspecified atom stereocenters. The van der Waals surface area contributed by atoms with Crippen LogP contribution >= 0.6 is 0 Å². The van der Waals surface area contributed by atoms with Gasteiger partial charge in [0.05, 0.1) is 17.5 Å². The number of likely N-dealkylation sites (N-methyl/N-ethyl adjacent to an activating group) is 1. The van der Waals surface area contributed by atoms with Crippen LogP contribution in [0.1, 0.15) is 20.3 Å². The SMILES string of the molecule is CCN(C(=O)[C@@H](C)N1CCN(c2ccc(O)cc2)CC1)[C@H]1CCS(=O)(=O)C1. The molecule has 0 bridgehead atoms. The first-order chi connectivity index (χ1) is 12.8. The number of aromatic hydroxyl groups is 1. The number of carbonyl (C=O) groups excluding carboxylic acids is 1. The number of phenolic OH excluding ortho intramolecular Hbond substituents is 1. The molecule has 0 radical (unpaired) electrons. The second-order valence-corrected chi connectivity index (χ2v) is 9.63. The van der Waals surface area contributed by atoms with Gasteiger partial charge in [-0.2, -0.15) is 0 Å². The van der Waals surface area contributed by atoms with Gasteiger partial charge in [-0.1, -0.05) is 0 Å². The molecule has 2 heterocycles. The van der Waals surface area contributed by atoms with E-state index in [0.717, 1.165) is 31.9 Å². The van der Waals surface area contributed by atoms with E-state index < -0.39 is 9.84 Å². The minimum Gasteiger partial charge on any atom is -0.508 e. The summed E-state index contributed by atoms with van der Waals surface area (Å²) in [5.74, 6) is 0.553. The number of benzene rings is 1. The quantitative estimate of drug-likeness (QED) is 0.799. The third kappa shape index (κ3) is 4.55. The number of amides is 1. The van der Waals surface area contributed by atoms with Crippen LogP contribution in [0.2, 0.25) is 0 Å². The van der Waals surface area contributed by atoms with Crippen molar-refractivity contribution in [3.05, 3.63) is 24.3 Å². The average Bonchev–Trinajstić information content (AvgIpc) is 3.02. The van der Waals surface area contributed by atoms with Crippen molar-refractivity contribution in [3.63, 3.8) is 0 Å². The van der Waals surface area contributed by atoms with Crippen LogP contribution in [0.25, 0.3) is 0 Å². The Kier molecular flexibility index (Phi) is 5.95. The lowest BCUT2D eigenvalue weighted by Gasteiger charge is -2.40. The molecule has 2 fully saturated rings. The number of nitrogens with zero attached hydrogens (tertiary/aromatic N) is 3. The van der Waals surface area contributed by atoms with E-state index in [-0.39, 0.29) is 35.2 Å². The number of carbonyl (C=O) groups is 1. The van der Waals surface area contributed by atoms with E-state index in [4.69, 9.17) is 0 Å². The molecule has 0 spiro atoms. The Morgan fingerprint density at radius 2 is 1.85 bits per heavy atom. The Morgan fingerprint density at radius 3 is 2.37 bits per heavy atom. The fraction of sp³-hybridized carbons (Fsp3) is 0.632. The van der Waals surface area contributed by atoms with E-state index in [9.17, 15) is 18.3 Å². The third-order valence-electron chi connectivity index (χ3n) is 5.71. The highest BCUT2D eigenvalue weighted by atomic mass is 32.2. The first kappa shape index (κ1) is 19.9. The first-order valence-electron chi connectivity index (χ1n) is 9.59. The molecule has 0 aromatic heterocycles. The minimum atomic E-state index is -3.01. The maximum absolute atomic E-state index is 13.0. The third-order valence-corrected chi connectivity index (χ3v) is 7.46.